The van der Waals surface area contributed by atoms with Gasteiger partial charge in [-0.05, 0) is 66.3 Å². The van der Waals surface area contributed by atoms with Gasteiger partial charge >= 0.3 is 5.97 Å². The van der Waals surface area contributed by atoms with Crippen LogP contribution in [0.1, 0.15) is 78.1 Å². The van der Waals surface area contributed by atoms with Crippen molar-refractivity contribution in [2.45, 2.75) is 64.9 Å². The number of hydrogen-bond donors (Lipinski definition) is 3. The molecule has 0 unspecified atom stereocenters. The molecule has 6 nitrogen and oxygen atoms in total. The van der Waals surface area contributed by atoms with Crippen molar-refractivity contribution in [1.82, 2.24) is 0 Å². The first-order chi connectivity index (χ1) is 15.0. The van der Waals surface area contributed by atoms with Gasteiger partial charge in [0, 0.05) is 29.2 Å². The van der Waals surface area contributed by atoms with E-state index in [0.29, 0.717) is 17.0 Å². The van der Waals surface area contributed by atoms with Crippen molar-refractivity contribution < 1.29 is 19.8 Å². The largest absolute Gasteiger partial charge is 0.478 e. The molecule has 1 aromatic heterocycles. The number of anilines is 2. The number of nitrogens with one attached hydrogen (secondary N) is 1. The molecule has 3 N–H and O–H groups in total. The summed E-state index contributed by atoms with van der Waals surface area (Å²) in [5.41, 5.74) is 2.48. The van der Waals surface area contributed by atoms with Crippen LogP contribution in [0.25, 0.3) is 0 Å². The zero-order chi connectivity index (χ0) is 23.3. The fraction of sp³-hybridized carbons (Fsp3) is 0.520. The van der Waals surface area contributed by atoms with E-state index in [-0.39, 0.29) is 28.4 Å². The zero-order valence-electron chi connectivity index (χ0n) is 19.2. The molecule has 2 aliphatic rings. The highest BCUT2D eigenvalue weighted by Gasteiger charge is 2.42. The third-order valence-corrected chi connectivity index (χ3v) is 8.11. The van der Waals surface area contributed by atoms with Gasteiger partial charge in [0.1, 0.15) is 5.00 Å². The predicted molar refractivity (Wildman–Crippen MR) is 128 cm³/mol. The average molecular weight is 457 g/mol. The Bertz CT molecular complexity index is 1030. The maximum absolute atomic E-state index is 13.0. The van der Waals surface area contributed by atoms with Gasteiger partial charge in [0.25, 0.3) is 5.91 Å². The van der Waals surface area contributed by atoms with Crippen LogP contribution in [-0.2, 0) is 11.8 Å². The van der Waals surface area contributed by atoms with Crippen LogP contribution in [0, 0.1) is 5.41 Å². The van der Waals surface area contributed by atoms with Crippen molar-refractivity contribution in [2.75, 3.05) is 23.3 Å². The third-order valence-electron chi connectivity index (χ3n) is 6.60. The van der Waals surface area contributed by atoms with Crippen molar-refractivity contribution >= 4 is 33.9 Å². The van der Waals surface area contributed by atoms with Crippen LogP contribution in [-0.4, -0.2) is 41.3 Å². The van der Waals surface area contributed by atoms with Crippen LogP contribution in [0.15, 0.2) is 24.3 Å². The van der Waals surface area contributed by atoms with Crippen LogP contribution in [0.5, 0.6) is 0 Å². The number of aliphatic hydroxyl groups excluding tert-OH is 1. The normalized spacial score (nSPS) is 20.0. The van der Waals surface area contributed by atoms with Crippen LogP contribution < -0.4 is 10.2 Å². The number of carboxylic acid groups (broad SMARTS) is 1. The first kappa shape index (κ1) is 22.8. The number of thiophene rings is 1. The van der Waals surface area contributed by atoms with Gasteiger partial charge in [-0.15, -0.1) is 11.3 Å². The highest BCUT2D eigenvalue weighted by atomic mass is 32.1. The molecule has 1 aliphatic carbocycles. The Morgan fingerprint density at radius 3 is 2.31 bits per heavy atom. The lowest BCUT2D eigenvalue weighted by Crippen LogP contribution is -2.35. The number of benzene rings is 1. The zero-order valence-corrected chi connectivity index (χ0v) is 20.0. The van der Waals surface area contributed by atoms with E-state index in [4.69, 9.17) is 0 Å². The second kappa shape index (κ2) is 8.19. The predicted octanol–water partition coefficient (Wildman–Crippen LogP) is 4.91. The number of carbonyl (C=O) groups excluding carboxylic acids is 1. The molecule has 32 heavy (non-hydrogen) atoms. The topological polar surface area (TPSA) is 89.9 Å². The van der Waals surface area contributed by atoms with E-state index in [1.54, 1.807) is 12.1 Å². The number of fused-ring (bicyclic) bond motifs is 1. The Balaban J connectivity index is 1.57. The molecule has 2 aromatic rings. The van der Waals surface area contributed by atoms with Crippen molar-refractivity contribution in [3.8, 4) is 0 Å². The molecule has 1 fully saturated rings. The Kier molecular flexibility index (Phi) is 5.84. The van der Waals surface area contributed by atoms with Crippen LogP contribution >= 0.6 is 11.3 Å². The van der Waals surface area contributed by atoms with Gasteiger partial charge in [-0.1, -0.05) is 27.7 Å². The van der Waals surface area contributed by atoms with E-state index in [0.717, 1.165) is 48.5 Å². The minimum absolute atomic E-state index is 0.00335. The first-order valence-corrected chi connectivity index (χ1v) is 12.0. The number of aliphatic hydroxyl groups is 1. The lowest BCUT2D eigenvalue weighted by Gasteiger charge is -2.40. The number of carboxylic acids is 1. The third kappa shape index (κ3) is 4.41. The average Bonchev–Trinajstić information content (AvgIpc) is 3.06. The number of aromatic carboxylic acids is 1. The monoisotopic (exact) mass is 456 g/mol. The fourth-order valence-corrected chi connectivity index (χ4v) is 6.74. The van der Waals surface area contributed by atoms with Gasteiger partial charge in [-0.2, -0.15) is 0 Å². The summed E-state index contributed by atoms with van der Waals surface area (Å²) >= 11 is 1.40. The number of amides is 1. The van der Waals surface area contributed by atoms with Crippen molar-refractivity contribution in [2.24, 2.45) is 5.41 Å². The standard InChI is InChI=1S/C25H32N2O4S/c1-24(2)13-18-19(23(30)31)22(32-20(18)25(3,4)14-24)26-21(29)15-5-7-16(8-6-15)27-11-9-17(28)10-12-27/h5-8,17,28H,9-14H2,1-4H3,(H,26,29)(H,30,31). The summed E-state index contributed by atoms with van der Waals surface area (Å²) in [6.45, 7) is 10.2. The van der Waals surface area contributed by atoms with Gasteiger partial charge in [0.2, 0.25) is 0 Å². The van der Waals surface area contributed by atoms with Gasteiger partial charge < -0.3 is 20.4 Å². The van der Waals surface area contributed by atoms with Gasteiger partial charge in [-0.25, -0.2) is 4.79 Å². The fourth-order valence-electron chi connectivity index (χ4n) is 5.44. The van der Waals surface area contributed by atoms with Crippen LogP contribution in [0.3, 0.4) is 0 Å². The second-order valence-corrected chi connectivity index (χ2v) is 11.6. The molecule has 1 amide bonds. The summed E-state index contributed by atoms with van der Waals surface area (Å²) in [5, 5.41) is 23.0. The van der Waals surface area contributed by atoms with Crippen molar-refractivity contribution in [3.05, 3.63) is 45.8 Å². The summed E-state index contributed by atoms with van der Waals surface area (Å²) in [7, 11) is 0. The number of piperidine rings is 1. The summed E-state index contributed by atoms with van der Waals surface area (Å²) in [6, 6.07) is 7.37. The maximum atomic E-state index is 13.0. The molecule has 4 rings (SSSR count). The van der Waals surface area contributed by atoms with Gasteiger partial charge in [-0.3, -0.25) is 4.79 Å². The van der Waals surface area contributed by atoms with E-state index in [1.807, 2.05) is 12.1 Å². The SMILES string of the molecule is CC1(C)Cc2c(sc(NC(=O)c3ccc(N4CCC(O)CC4)cc3)c2C(=O)O)C(C)(C)C1. The molecule has 7 heteroatoms. The smallest absolute Gasteiger partial charge is 0.339 e. The van der Waals surface area contributed by atoms with Gasteiger partial charge in [0.05, 0.1) is 11.7 Å². The molecule has 1 aliphatic heterocycles. The van der Waals surface area contributed by atoms with E-state index in [1.165, 1.54) is 11.3 Å². The van der Waals surface area contributed by atoms with E-state index < -0.39 is 5.97 Å². The highest BCUT2D eigenvalue weighted by Crippen LogP contribution is 2.52. The second-order valence-electron chi connectivity index (χ2n) is 10.5. The Morgan fingerprint density at radius 2 is 1.72 bits per heavy atom. The summed E-state index contributed by atoms with van der Waals surface area (Å²) in [6.07, 6.45) is 2.92. The Hall–Kier alpha value is -2.38. The van der Waals surface area contributed by atoms with E-state index in [9.17, 15) is 19.8 Å². The molecule has 172 valence electrons. The Labute approximate surface area is 193 Å². The number of hydrogen-bond acceptors (Lipinski definition) is 5. The summed E-state index contributed by atoms with van der Waals surface area (Å²) < 4.78 is 0. The summed E-state index contributed by atoms with van der Waals surface area (Å²) in [4.78, 5) is 28.4. The number of nitrogens with zero attached hydrogens (tertiary/aromatic N) is 1. The number of rotatable bonds is 4. The minimum atomic E-state index is -0.992. The number of carbonyl (C=O) groups is 2. The molecule has 1 aromatic carbocycles. The summed E-state index contributed by atoms with van der Waals surface area (Å²) in [5.74, 6) is -1.29. The van der Waals surface area contributed by atoms with Crippen molar-refractivity contribution in [3.63, 3.8) is 0 Å². The van der Waals surface area contributed by atoms with Crippen LogP contribution in [0.4, 0.5) is 10.7 Å². The first-order valence-electron chi connectivity index (χ1n) is 11.2. The molecule has 0 radical (unpaired) electrons. The van der Waals surface area contributed by atoms with Gasteiger partial charge in [0.15, 0.2) is 0 Å². The molecule has 0 spiro atoms. The minimum Gasteiger partial charge on any atom is -0.478 e. The highest BCUT2D eigenvalue weighted by molar-refractivity contribution is 7.17. The lowest BCUT2D eigenvalue weighted by molar-refractivity contribution is 0.0696. The molecule has 0 saturated carbocycles. The Morgan fingerprint density at radius 1 is 1.09 bits per heavy atom. The molecular formula is C25H32N2O4S. The maximum Gasteiger partial charge on any atom is 0.339 e. The molecule has 0 atom stereocenters. The molecule has 0 bridgehead atoms. The van der Waals surface area contributed by atoms with Crippen LogP contribution in [0.2, 0.25) is 0 Å². The van der Waals surface area contributed by atoms with E-state index in [2.05, 4.69) is 37.9 Å². The van der Waals surface area contributed by atoms with Crippen molar-refractivity contribution in [1.29, 1.82) is 0 Å². The van der Waals surface area contributed by atoms with E-state index >= 15 is 0 Å². The lowest BCUT2D eigenvalue weighted by atomic mass is 9.65. The molecular weight excluding hydrogens is 424 g/mol. The quantitative estimate of drug-likeness (QED) is 0.608. The molecule has 1 saturated heterocycles. The molecule has 2 heterocycles.